The molecule has 9 nitrogen and oxygen atoms in total. The number of carbonyl (C=O) groups is 1. The van der Waals surface area contributed by atoms with Crippen LogP contribution in [0, 0.1) is 0 Å². The van der Waals surface area contributed by atoms with Gasteiger partial charge in [0.2, 0.25) is 5.91 Å². The second-order valence-corrected chi connectivity index (χ2v) is 12.5. The molecule has 0 bridgehead atoms. The monoisotopic (exact) mass is 631 g/mol. The lowest BCUT2D eigenvalue weighted by Crippen LogP contribution is -2.65. The van der Waals surface area contributed by atoms with E-state index in [0.29, 0.717) is 0 Å². The molecule has 1 aliphatic rings. The van der Waals surface area contributed by atoms with Gasteiger partial charge in [0.1, 0.15) is 30.0 Å². The van der Waals surface area contributed by atoms with Crippen LogP contribution in [0.4, 0.5) is 0 Å². The Kier molecular flexibility index (Phi) is 10.4. The summed E-state index contributed by atoms with van der Waals surface area (Å²) >= 11 is 0. The van der Waals surface area contributed by atoms with Crippen LogP contribution in [0.25, 0.3) is 0 Å². The van der Waals surface area contributed by atoms with Crippen LogP contribution in [0.5, 0.6) is 0 Å². The normalized spacial score (nSPS) is 22.1. The molecule has 1 fully saturated rings. The van der Waals surface area contributed by atoms with E-state index in [4.69, 9.17) is 18.4 Å². The van der Waals surface area contributed by atoms with E-state index in [1.807, 2.05) is 121 Å². The summed E-state index contributed by atoms with van der Waals surface area (Å²) in [6.45, 7) is 1.14. The minimum atomic E-state index is -4.06. The van der Waals surface area contributed by atoms with E-state index in [1.54, 1.807) is 0 Å². The Morgan fingerprint density at radius 2 is 1.27 bits per heavy atom. The molecule has 0 unspecified atom stereocenters. The quantitative estimate of drug-likeness (QED) is 0.177. The van der Waals surface area contributed by atoms with Crippen LogP contribution in [0.2, 0.25) is 0 Å². The van der Waals surface area contributed by atoms with Gasteiger partial charge in [0, 0.05) is 6.92 Å². The third-order valence-corrected chi connectivity index (χ3v) is 8.18. The van der Waals surface area contributed by atoms with Crippen LogP contribution in [0.3, 0.4) is 0 Å². The zero-order valence-electron chi connectivity index (χ0n) is 25.1. The van der Waals surface area contributed by atoms with E-state index < -0.39 is 52.3 Å². The third-order valence-electron chi connectivity index (χ3n) is 7.61. The summed E-state index contributed by atoms with van der Waals surface area (Å²) < 4.78 is 50.0. The molecule has 0 spiro atoms. The van der Waals surface area contributed by atoms with Gasteiger partial charge >= 0.3 is 0 Å². The Morgan fingerprint density at radius 1 is 0.800 bits per heavy atom. The van der Waals surface area contributed by atoms with E-state index in [9.17, 15) is 18.3 Å². The number of benzene rings is 4. The lowest BCUT2D eigenvalue weighted by molar-refractivity contribution is -0.264. The third kappa shape index (κ3) is 7.85. The number of aliphatic hydroxyl groups is 1. The molecular formula is C35H37NO8S. The van der Waals surface area contributed by atoms with E-state index in [-0.39, 0.29) is 13.2 Å². The highest BCUT2D eigenvalue weighted by Crippen LogP contribution is 2.41. The fourth-order valence-corrected chi connectivity index (χ4v) is 6.34. The van der Waals surface area contributed by atoms with Crippen molar-refractivity contribution in [3.63, 3.8) is 0 Å². The molecule has 0 aliphatic carbocycles. The summed E-state index contributed by atoms with van der Waals surface area (Å²) in [6, 6.07) is 37.1. The number of ether oxygens (including phenoxy) is 3. The fraction of sp³-hybridized carbons (Fsp3) is 0.286. The Labute approximate surface area is 263 Å². The molecule has 0 saturated carbocycles. The van der Waals surface area contributed by atoms with Crippen molar-refractivity contribution in [1.29, 1.82) is 0 Å². The molecule has 2 N–H and O–H groups in total. The minimum absolute atomic E-state index is 0.0630. The van der Waals surface area contributed by atoms with Gasteiger partial charge in [-0.05, 0) is 22.3 Å². The molecule has 4 aromatic carbocycles. The van der Waals surface area contributed by atoms with Crippen molar-refractivity contribution in [2.24, 2.45) is 0 Å². The van der Waals surface area contributed by atoms with Crippen molar-refractivity contribution in [3.8, 4) is 0 Å². The van der Waals surface area contributed by atoms with Gasteiger partial charge in [-0.2, -0.15) is 8.42 Å². The highest BCUT2D eigenvalue weighted by atomic mass is 32.2. The second-order valence-electron chi connectivity index (χ2n) is 10.9. The standard InChI is InChI=1S/C35H37NO8S/c1-25(37)36-31-33(41-23-26-15-7-3-8-16-26)32(44-45(2,39)40)30(43-34(31)38)24-42-35(27-17-9-4-10-18-27,28-19-11-5-12-20-28)29-21-13-6-14-22-29/h3-22,30-34,38H,23-24H2,1-2H3,(H,36,37)/t30-,31+,32+,33+,34-/m0/s1. The maximum Gasteiger partial charge on any atom is 0.264 e. The molecular weight excluding hydrogens is 594 g/mol. The van der Waals surface area contributed by atoms with Gasteiger partial charge in [-0.15, -0.1) is 0 Å². The zero-order chi connectivity index (χ0) is 31.9. The zero-order valence-corrected chi connectivity index (χ0v) is 25.9. The summed E-state index contributed by atoms with van der Waals surface area (Å²) in [7, 11) is -4.06. The number of hydrogen-bond acceptors (Lipinski definition) is 8. The highest BCUT2D eigenvalue weighted by molar-refractivity contribution is 7.86. The van der Waals surface area contributed by atoms with Crippen LogP contribution >= 0.6 is 0 Å². The Hall–Kier alpha value is -3.90. The topological polar surface area (TPSA) is 120 Å². The number of aliphatic hydroxyl groups excluding tert-OH is 1. The highest BCUT2D eigenvalue weighted by Gasteiger charge is 2.50. The predicted octanol–water partition coefficient (Wildman–Crippen LogP) is 4.15. The number of amides is 1. The molecule has 1 saturated heterocycles. The Morgan fingerprint density at radius 3 is 1.71 bits per heavy atom. The maximum atomic E-state index is 12.6. The van der Waals surface area contributed by atoms with E-state index >= 15 is 0 Å². The first-order chi connectivity index (χ1) is 21.7. The van der Waals surface area contributed by atoms with E-state index in [1.165, 1.54) is 6.92 Å². The molecule has 0 radical (unpaired) electrons. The van der Waals surface area contributed by atoms with Crippen LogP contribution in [-0.2, 0) is 45.5 Å². The molecule has 0 aromatic heterocycles. The predicted molar refractivity (Wildman–Crippen MR) is 168 cm³/mol. The molecule has 5 rings (SSSR count). The largest absolute Gasteiger partial charge is 0.368 e. The molecule has 236 valence electrons. The molecule has 1 aliphatic heterocycles. The first-order valence-electron chi connectivity index (χ1n) is 14.6. The lowest BCUT2D eigenvalue weighted by atomic mass is 9.80. The van der Waals surface area contributed by atoms with Crippen LogP contribution in [0.15, 0.2) is 121 Å². The molecule has 10 heteroatoms. The maximum absolute atomic E-state index is 12.6. The molecule has 4 aromatic rings. The first-order valence-corrected chi connectivity index (χ1v) is 16.4. The summed E-state index contributed by atoms with van der Waals surface area (Å²) in [5.74, 6) is -0.458. The van der Waals surface area contributed by atoms with Crippen molar-refractivity contribution in [1.82, 2.24) is 5.32 Å². The summed E-state index contributed by atoms with van der Waals surface area (Å²) in [4.78, 5) is 12.2. The second kappa shape index (κ2) is 14.5. The summed E-state index contributed by atoms with van der Waals surface area (Å²) in [6.07, 6.45) is -4.16. The number of rotatable bonds is 12. The summed E-state index contributed by atoms with van der Waals surface area (Å²) in [5, 5.41) is 13.8. The number of carbonyl (C=O) groups excluding carboxylic acids is 1. The minimum Gasteiger partial charge on any atom is -0.368 e. The number of nitrogens with one attached hydrogen (secondary N) is 1. The van der Waals surface area contributed by atoms with Gasteiger partial charge in [0.25, 0.3) is 10.1 Å². The average Bonchev–Trinajstić information content (AvgIpc) is 3.04. The van der Waals surface area contributed by atoms with Crippen molar-refractivity contribution >= 4 is 16.0 Å². The van der Waals surface area contributed by atoms with Gasteiger partial charge in [0.15, 0.2) is 6.29 Å². The van der Waals surface area contributed by atoms with Crippen LogP contribution < -0.4 is 5.32 Å². The SMILES string of the molecule is CC(=O)N[C@@H]1[C@@H](OCc2ccccc2)[C@H](OS(C)(=O)=O)[C@H](COC(c2ccccc2)(c2ccccc2)c2ccccc2)O[C@@H]1O. The van der Waals surface area contributed by atoms with Crippen molar-refractivity contribution < 1.29 is 36.7 Å². The van der Waals surface area contributed by atoms with Crippen molar-refractivity contribution in [2.45, 2.75) is 49.8 Å². The van der Waals surface area contributed by atoms with Crippen LogP contribution in [-0.4, -0.2) is 62.9 Å². The van der Waals surface area contributed by atoms with Crippen molar-refractivity contribution in [3.05, 3.63) is 144 Å². The van der Waals surface area contributed by atoms with Gasteiger partial charge in [0.05, 0.1) is 19.5 Å². The van der Waals surface area contributed by atoms with Gasteiger partial charge in [-0.3, -0.25) is 8.98 Å². The van der Waals surface area contributed by atoms with Gasteiger partial charge < -0.3 is 24.6 Å². The molecule has 45 heavy (non-hydrogen) atoms. The van der Waals surface area contributed by atoms with Crippen molar-refractivity contribution in [2.75, 3.05) is 12.9 Å². The number of hydrogen-bond donors (Lipinski definition) is 2. The van der Waals surface area contributed by atoms with E-state index in [2.05, 4.69) is 5.32 Å². The lowest BCUT2D eigenvalue weighted by Gasteiger charge is -2.45. The van der Waals surface area contributed by atoms with Crippen LogP contribution in [0.1, 0.15) is 29.2 Å². The first kappa shape index (κ1) is 32.5. The molecule has 1 amide bonds. The molecule has 1 heterocycles. The molecule has 5 atom stereocenters. The summed E-state index contributed by atoms with van der Waals surface area (Å²) in [5.41, 5.74) is 2.14. The van der Waals surface area contributed by atoms with Gasteiger partial charge in [-0.1, -0.05) is 121 Å². The Balaban J connectivity index is 1.56. The Bertz CT molecular complexity index is 1530. The fourth-order valence-electron chi connectivity index (χ4n) is 5.70. The van der Waals surface area contributed by atoms with Gasteiger partial charge in [-0.25, -0.2) is 0 Å². The average molecular weight is 632 g/mol. The smallest absolute Gasteiger partial charge is 0.264 e. The van der Waals surface area contributed by atoms with E-state index in [0.717, 1.165) is 28.5 Å².